The molecule has 0 amide bonds. The van der Waals surface area contributed by atoms with Crippen LogP contribution < -0.4 is 4.90 Å². The Morgan fingerprint density at radius 2 is 1.37 bits per heavy atom. The second kappa shape index (κ2) is 7.79. The summed E-state index contributed by atoms with van der Waals surface area (Å²) in [6.07, 6.45) is 12.4. The van der Waals surface area contributed by atoms with Gasteiger partial charge in [0.15, 0.2) is 0 Å². The van der Waals surface area contributed by atoms with Crippen LogP contribution >= 0.6 is 0 Å². The summed E-state index contributed by atoms with van der Waals surface area (Å²) in [6.45, 7) is 0. The van der Waals surface area contributed by atoms with Gasteiger partial charge in [-0.05, 0) is 83.3 Å². The fourth-order valence-corrected chi connectivity index (χ4v) is 3.77. The first kappa shape index (κ1) is 17.5. The van der Waals surface area contributed by atoms with Crippen molar-refractivity contribution in [3.63, 3.8) is 0 Å². The van der Waals surface area contributed by atoms with E-state index in [2.05, 4.69) is 72.5 Å². The average Bonchev–Trinajstić information content (AvgIpc) is 2.69. The van der Waals surface area contributed by atoms with Gasteiger partial charge in [-0.1, -0.05) is 36.4 Å². The molecule has 1 heterocycles. The molecule has 0 unspecified atom stereocenters. The number of hydrogen-bond donors (Lipinski definition) is 0. The lowest BCUT2D eigenvalue weighted by atomic mass is 9.91. The van der Waals surface area contributed by atoms with Crippen molar-refractivity contribution in [2.75, 3.05) is 19.0 Å². The molecular formula is C25H26N2. The van der Waals surface area contributed by atoms with Crippen LogP contribution in [0.3, 0.4) is 0 Å². The van der Waals surface area contributed by atoms with Gasteiger partial charge in [-0.25, -0.2) is 0 Å². The Kier molecular flexibility index (Phi) is 5.06. The fourth-order valence-electron chi connectivity index (χ4n) is 3.77. The van der Waals surface area contributed by atoms with Crippen LogP contribution in [0, 0.1) is 0 Å². The van der Waals surface area contributed by atoms with E-state index in [-0.39, 0.29) is 0 Å². The van der Waals surface area contributed by atoms with Crippen molar-refractivity contribution < 1.29 is 0 Å². The zero-order chi connectivity index (χ0) is 18.6. The lowest BCUT2D eigenvalue weighted by Gasteiger charge is -2.22. The molecule has 7 rings (SSSR count). The predicted octanol–water partition coefficient (Wildman–Crippen LogP) is 5.20. The summed E-state index contributed by atoms with van der Waals surface area (Å²) < 4.78 is 0. The summed E-state index contributed by atoms with van der Waals surface area (Å²) in [7, 11) is 4.30. The van der Waals surface area contributed by atoms with Gasteiger partial charge >= 0.3 is 0 Å². The van der Waals surface area contributed by atoms with Crippen LogP contribution in [0.15, 0.2) is 60.9 Å². The van der Waals surface area contributed by atoms with Gasteiger partial charge < -0.3 is 4.90 Å². The molecule has 2 nitrogen and oxygen atoms in total. The minimum Gasteiger partial charge on any atom is -0.377 e. The van der Waals surface area contributed by atoms with E-state index in [1.54, 1.807) is 0 Å². The zero-order valence-corrected chi connectivity index (χ0v) is 16.2. The molecule has 27 heavy (non-hydrogen) atoms. The van der Waals surface area contributed by atoms with Crippen LogP contribution in [0.2, 0.25) is 0 Å². The van der Waals surface area contributed by atoms with Crippen molar-refractivity contribution >= 4 is 17.8 Å². The molecule has 2 aromatic carbocycles. The van der Waals surface area contributed by atoms with Crippen LogP contribution in [0.25, 0.3) is 12.2 Å². The lowest BCUT2D eigenvalue weighted by molar-refractivity contribution is 0.910. The smallest absolute Gasteiger partial charge is 0.0396 e. The molecule has 0 atom stereocenters. The van der Waals surface area contributed by atoms with Crippen molar-refractivity contribution in [3.8, 4) is 0 Å². The largest absolute Gasteiger partial charge is 0.377 e. The third-order valence-corrected chi connectivity index (χ3v) is 5.37. The van der Waals surface area contributed by atoms with Gasteiger partial charge in [-0.3, -0.25) is 4.98 Å². The monoisotopic (exact) mass is 354 g/mol. The van der Waals surface area contributed by atoms with Gasteiger partial charge in [0.1, 0.15) is 0 Å². The normalized spacial score (nSPS) is 13.6. The Balaban J connectivity index is 1.76. The molecule has 0 spiro atoms. The lowest BCUT2D eigenvalue weighted by Crippen LogP contribution is -2.13. The highest BCUT2D eigenvalue weighted by Crippen LogP contribution is 2.29. The third-order valence-electron chi connectivity index (χ3n) is 5.37. The summed E-state index contributed by atoms with van der Waals surface area (Å²) in [4.78, 5) is 6.36. The SMILES string of the molecule is CN(C)c1cc2c(/C=C/c3ccncc3)cc1CCc1ccc(cc1)CC2. The van der Waals surface area contributed by atoms with Gasteiger partial charge in [0.25, 0.3) is 0 Å². The molecule has 4 aliphatic rings. The minimum absolute atomic E-state index is 1.05. The first-order valence-corrected chi connectivity index (χ1v) is 9.68. The van der Waals surface area contributed by atoms with E-state index in [1.807, 2.05) is 24.5 Å². The van der Waals surface area contributed by atoms with Crippen molar-refractivity contribution in [1.29, 1.82) is 0 Å². The van der Waals surface area contributed by atoms with Gasteiger partial charge in [-0.15, -0.1) is 0 Å². The number of aromatic nitrogens is 1. The van der Waals surface area contributed by atoms with E-state index in [4.69, 9.17) is 0 Å². The molecule has 1 aromatic heterocycles. The number of aryl methyl sites for hydroxylation is 4. The molecule has 3 aromatic rings. The first-order valence-electron chi connectivity index (χ1n) is 9.68. The molecule has 0 aliphatic heterocycles. The Morgan fingerprint density at radius 3 is 2.00 bits per heavy atom. The van der Waals surface area contributed by atoms with Crippen molar-refractivity contribution in [3.05, 3.63) is 94.3 Å². The van der Waals surface area contributed by atoms with E-state index >= 15 is 0 Å². The molecule has 0 fully saturated rings. The quantitative estimate of drug-likeness (QED) is 0.642. The highest BCUT2D eigenvalue weighted by molar-refractivity contribution is 5.74. The molecule has 0 saturated carbocycles. The molecule has 4 bridgehead atoms. The van der Waals surface area contributed by atoms with Crippen LogP contribution in [0.4, 0.5) is 5.69 Å². The summed E-state index contributed by atoms with van der Waals surface area (Å²) in [6, 6.07) is 18.1. The predicted molar refractivity (Wildman–Crippen MR) is 115 cm³/mol. The van der Waals surface area contributed by atoms with E-state index in [1.165, 1.54) is 39.1 Å². The molecule has 0 radical (unpaired) electrons. The maximum absolute atomic E-state index is 4.11. The van der Waals surface area contributed by atoms with E-state index in [9.17, 15) is 0 Å². The number of anilines is 1. The van der Waals surface area contributed by atoms with Crippen LogP contribution in [0.5, 0.6) is 0 Å². The topological polar surface area (TPSA) is 16.1 Å². The summed E-state index contributed by atoms with van der Waals surface area (Å²) in [5, 5.41) is 0. The summed E-state index contributed by atoms with van der Waals surface area (Å²) in [5.41, 5.74) is 9.54. The molecule has 4 aliphatic carbocycles. The first-order chi connectivity index (χ1) is 13.2. The second-order valence-electron chi connectivity index (χ2n) is 7.50. The molecule has 136 valence electrons. The second-order valence-corrected chi connectivity index (χ2v) is 7.50. The van der Waals surface area contributed by atoms with E-state index in [0.29, 0.717) is 0 Å². The molecule has 0 N–H and O–H groups in total. The number of rotatable bonds is 3. The van der Waals surface area contributed by atoms with Crippen LogP contribution in [0.1, 0.15) is 33.4 Å². The Labute approximate surface area is 162 Å². The van der Waals surface area contributed by atoms with Crippen molar-refractivity contribution in [1.82, 2.24) is 4.98 Å². The van der Waals surface area contributed by atoms with Gasteiger partial charge in [-0.2, -0.15) is 0 Å². The maximum atomic E-state index is 4.11. The highest BCUT2D eigenvalue weighted by atomic mass is 15.1. The number of benzene rings is 2. The Bertz CT molecular complexity index is 938. The standard InChI is InChI=1S/C25H26N2/c1-27(2)25-18-23-11-7-19-3-5-20(6-4-19)9-12-24(25)17-22(23)10-8-21-13-15-26-16-14-21/h3-6,8,10,13-18H,7,9,11-12H2,1-2H3/b10-8+. The fraction of sp³-hybridized carbons (Fsp3) is 0.240. The minimum atomic E-state index is 1.05. The zero-order valence-electron chi connectivity index (χ0n) is 16.2. The Morgan fingerprint density at radius 1 is 0.741 bits per heavy atom. The summed E-state index contributed by atoms with van der Waals surface area (Å²) in [5.74, 6) is 0. The molecule has 2 heteroatoms. The van der Waals surface area contributed by atoms with Crippen molar-refractivity contribution in [2.45, 2.75) is 25.7 Å². The van der Waals surface area contributed by atoms with Gasteiger partial charge in [0, 0.05) is 32.2 Å². The molecular weight excluding hydrogens is 328 g/mol. The van der Waals surface area contributed by atoms with E-state index in [0.717, 1.165) is 25.7 Å². The number of pyridine rings is 1. The number of hydrogen-bond acceptors (Lipinski definition) is 2. The Hall–Kier alpha value is -2.87. The summed E-state index contributed by atoms with van der Waals surface area (Å²) >= 11 is 0. The van der Waals surface area contributed by atoms with Crippen molar-refractivity contribution in [2.24, 2.45) is 0 Å². The highest BCUT2D eigenvalue weighted by Gasteiger charge is 2.12. The number of nitrogens with zero attached hydrogens (tertiary/aromatic N) is 2. The van der Waals surface area contributed by atoms with Crippen LogP contribution in [-0.2, 0) is 25.7 Å². The third kappa shape index (κ3) is 4.11. The molecule has 0 saturated heterocycles. The van der Waals surface area contributed by atoms with E-state index < -0.39 is 0 Å². The van der Waals surface area contributed by atoms with Crippen LogP contribution in [-0.4, -0.2) is 19.1 Å². The van der Waals surface area contributed by atoms with Gasteiger partial charge in [0.05, 0.1) is 0 Å². The van der Waals surface area contributed by atoms with Gasteiger partial charge in [0.2, 0.25) is 0 Å². The maximum Gasteiger partial charge on any atom is 0.0396 e. The average molecular weight is 354 g/mol.